The van der Waals surface area contributed by atoms with Crippen LogP contribution in [0.1, 0.15) is 6.42 Å². The van der Waals surface area contributed by atoms with Crippen molar-refractivity contribution in [1.82, 2.24) is 4.98 Å². The molecule has 1 atom stereocenters. The third kappa shape index (κ3) is 1.93. The molecule has 1 aliphatic rings. The number of alkyl halides is 1. The van der Waals surface area contributed by atoms with E-state index in [0.29, 0.717) is 17.4 Å². The molecular formula is C9H9Cl2FN2. The molecule has 14 heavy (non-hydrogen) atoms. The van der Waals surface area contributed by atoms with Crippen molar-refractivity contribution in [1.29, 1.82) is 0 Å². The van der Waals surface area contributed by atoms with E-state index in [-0.39, 0.29) is 11.2 Å². The van der Waals surface area contributed by atoms with Crippen molar-refractivity contribution in [3.63, 3.8) is 0 Å². The van der Waals surface area contributed by atoms with E-state index in [4.69, 9.17) is 23.2 Å². The van der Waals surface area contributed by atoms with E-state index in [2.05, 4.69) is 4.98 Å². The zero-order valence-corrected chi connectivity index (χ0v) is 8.89. The average Bonchev–Trinajstić information content (AvgIpc) is 2.51. The van der Waals surface area contributed by atoms with E-state index >= 15 is 0 Å². The van der Waals surface area contributed by atoms with Crippen LogP contribution in [0.15, 0.2) is 12.3 Å². The number of hydrogen-bond donors (Lipinski definition) is 0. The van der Waals surface area contributed by atoms with Crippen LogP contribution in [0.5, 0.6) is 0 Å². The molecule has 1 aliphatic heterocycles. The number of rotatable bonds is 1. The lowest BCUT2D eigenvalue weighted by Gasteiger charge is -2.16. The smallest absolute Gasteiger partial charge is 0.167 e. The first kappa shape index (κ1) is 9.99. The van der Waals surface area contributed by atoms with Crippen LogP contribution in [0.3, 0.4) is 0 Å². The largest absolute Gasteiger partial charge is 0.353 e. The SMILES string of the molecule is Fc1cc(Cl)cnc1N1CCC(Cl)C1. The quantitative estimate of drug-likeness (QED) is 0.695. The molecule has 1 aromatic heterocycles. The summed E-state index contributed by atoms with van der Waals surface area (Å²) in [7, 11) is 0. The van der Waals surface area contributed by atoms with Gasteiger partial charge in [-0.25, -0.2) is 9.37 Å². The molecular weight excluding hydrogens is 226 g/mol. The number of pyridine rings is 1. The van der Waals surface area contributed by atoms with Gasteiger partial charge >= 0.3 is 0 Å². The van der Waals surface area contributed by atoms with Crippen LogP contribution >= 0.6 is 23.2 Å². The third-order valence-corrected chi connectivity index (χ3v) is 2.78. The van der Waals surface area contributed by atoms with Crippen LogP contribution in [-0.4, -0.2) is 23.5 Å². The molecule has 0 amide bonds. The maximum atomic E-state index is 13.4. The highest BCUT2D eigenvalue weighted by Gasteiger charge is 2.23. The highest BCUT2D eigenvalue weighted by molar-refractivity contribution is 6.30. The Hall–Kier alpha value is -0.540. The molecule has 0 bridgehead atoms. The van der Waals surface area contributed by atoms with Crippen LogP contribution in [-0.2, 0) is 0 Å². The first-order chi connectivity index (χ1) is 6.66. The maximum absolute atomic E-state index is 13.4. The fourth-order valence-corrected chi connectivity index (χ4v) is 1.96. The van der Waals surface area contributed by atoms with E-state index in [1.807, 2.05) is 4.90 Å². The lowest BCUT2D eigenvalue weighted by atomic mass is 10.4. The van der Waals surface area contributed by atoms with E-state index < -0.39 is 0 Å². The van der Waals surface area contributed by atoms with E-state index in [0.717, 1.165) is 13.0 Å². The Labute approximate surface area is 91.6 Å². The molecule has 0 radical (unpaired) electrons. The zero-order valence-electron chi connectivity index (χ0n) is 7.38. The Morgan fingerprint density at radius 1 is 1.57 bits per heavy atom. The highest BCUT2D eigenvalue weighted by atomic mass is 35.5. The minimum Gasteiger partial charge on any atom is -0.353 e. The second-order valence-electron chi connectivity index (χ2n) is 3.29. The highest BCUT2D eigenvalue weighted by Crippen LogP contribution is 2.24. The molecule has 1 saturated heterocycles. The number of nitrogens with zero attached hydrogens (tertiary/aromatic N) is 2. The van der Waals surface area contributed by atoms with Crippen molar-refractivity contribution in [3.8, 4) is 0 Å². The summed E-state index contributed by atoms with van der Waals surface area (Å²) < 4.78 is 13.4. The van der Waals surface area contributed by atoms with E-state index in [9.17, 15) is 4.39 Å². The predicted molar refractivity (Wildman–Crippen MR) is 55.7 cm³/mol. The fourth-order valence-electron chi connectivity index (χ4n) is 1.55. The second-order valence-corrected chi connectivity index (χ2v) is 4.34. The van der Waals surface area contributed by atoms with Crippen molar-refractivity contribution < 1.29 is 4.39 Å². The summed E-state index contributed by atoms with van der Waals surface area (Å²) in [6, 6.07) is 1.27. The Bertz CT molecular complexity index is 346. The number of anilines is 1. The molecule has 1 fully saturated rings. The zero-order chi connectivity index (χ0) is 10.1. The molecule has 2 heterocycles. The molecule has 2 nitrogen and oxygen atoms in total. The third-order valence-electron chi connectivity index (χ3n) is 2.22. The van der Waals surface area contributed by atoms with Crippen molar-refractivity contribution in [3.05, 3.63) is 23.1 Å². The van der Waals surface area contributed by atoms with Gasteiger partial charge in [-0.15, -0.1) is 11.6 Å². The molecule has 0 spiro atoms. The van der Waals surface area contributed by atoms with Gasteiger partial charge in [0.1, 0.15) is 0 Å². The minimum atomic E-state index is -0.386. The molecule has 0 N–H and O–H groups in total. The fraction of sp³-hybridized carbons (Fsp3) is 0.444. The van der Waals surface area contributed by atoms with Gasteiger partial charge in [0.05, 0.1) is 10.4 Å². The molecule has 1 aromatic rings. The van der Waals surface area contributed by atoms with Gasteiger partial charge in [-0.1, -0.05) is 11.6 Å². The van der Waals surface area contributed by atoms with Crippen molar-refractivity contribution in [2.45, 2.75) is 11.8 Å². The van der Waals surface area contributed by atoms with Gasteiger partial charge in [0.15, 0.2) is 11.6 Å². The molecule has 2 rings (SSSR count). The summed E-state index contributed by atoms with van der Waals surface area (Å²) in [4.78, 5) is 5.79. The Balaban J connectivity index is 2.24. The second kappa shape index (κ2) is 3.91. The molecule has 5 heteroatoms. The summed E-state index contributed by atoms with van der Waals surface area (Å²) in [6.07, 6.45) is 2.31. The van der Waals surface area contributed by atoms with E-state index in [1.54, 1.807) is 0 Å². The first-order valence-electron chi connectivity index (χ1n) is 4.37. The predicted octanol–water partition coefficient (Wildman–Crippen LogP) is 2.69. The average molecular weight is 235 g/mol. The van der Waals surface area contributed by atoms with Gasteiger partial charge < -0.3 is 4.90 Å². The van der Waals surface area contributed by atoms with Gasteiger partial charge in [-0.2, -0.15) is 0 Å². The van der Waals surface area contributed by atoms with Crippen LogP contribution in [0.2, 0.25) is 5.02 Å². The molecule has 0 saturated carbocycles. The maximum Gasteiger partial charge on any atom is 0.167 e. The normalized spacial score (nSPS) is 21.6. The molecule has 0 aliphatic carbocycles. The summed E-state index contributed by atoms with van der Waals surface area (Å²) in [6.45, 7) is 1.40. The van der Waals surface area contributed by atoms with Gasteiger partial charge in [-0.05, 0) is 12.5 Å². The Morgan fingerprint density at radius 3 is 2.93 bits per heavy atom. The monoisotopic (exact) mass is 234 g/mol. The van der Waals surface area contributed by atoms with E-state index in [1.165, 1.54) is 12.3 Å². The number of halogens is 3. The Kier molecular flexibility index (Phi) is 2.79. The van der Waals surface area contributed by atoms with Crippen LogP contribution in [0, 0.1) is 5.82 Å². The van der Waals surface area contributed by atoms with Gasteiger partial charge in [-0.3, -0.25) is 0 Å². The van der Waals surface area contributed by atoms with Crippen molar-refractivity contribution in [2.75, 3.05) is 18.0 Å². The summed E-state index contributed by atoms with van der Waals surface area (Å²) in [5, 5.41) is 0.403. The summed E-state index contributed by atoms with van der Waals surface area (Å²) >= 11 is 11.5. The van der Waals surface area contributed by atoms with Crippen molar-refractivity contribution >= 4 is 29.0 Å². The van der Waals surface area contributed by atoms with Crippen LogP contribution < -0.4 is 4.90 Å². The lowest BCUT2D eigenvalue weighted by molar-refractivity contribution is 0.616. The first-order valence-corrected chi connectivity index (χ1v) is 5.18. The van der Waals surface area contributed by atoms with Crippen LogP contribution in [0.4, 0.5) is 10.2 Å². The van der Waals surface area contributed by atoms with Crippen LogP contribution in [0.25, 0.3) is 0 Å². The number of aromatic nitrogens is 1. The summed E-state index contributed by atoms with van der Waals surface area (Å²) in [5.74, 6) is -0.0409. The molecule has 76 valence electrons. The molecule has 1 unspecified atom stereocenters. The van der Waals surface area contributed by atoms with Gasteiger partial charge in [0.2, 0.25) is 0 Å². The lowest BCUT2D eigenvalue weighted by Crippen LogP contribution is -2.22. The number of hydrogen-bond acceptors (Lipinski definition) is 2. The summed E-state index contributed by atoms with van der Waals surface area (Å²) in [5.41, 5.74) is 0. The minimum absolute atomic E-state index is 0.0897. The standard InChI is InChI=1S/C9H9Cl2FN2/c10-6-1-2-14(5-6)9-8(12)3-7(11)4-13-9/h3-4,6H,1-2,5H2. The Morgan fingerprint density at radius 2 is 2.36 bits per heavy atom. The van der Waals surface area contributed by atoms with Gasteiger partial charge in [0.25, 0.3) is 0 Å². The topological polar surface area (TPSA) is 16.1 Å². The van der Waals surface area contributed by atoms with Gasteiger partial charge in [0, 0.05) is 19.3 Å². The molecule has 0 aromatic carbocycles. The van der Waals surface area contributed by atoms with Crippen molar-refractivity contribution in [2.24, 2.45) is 0 Å².